The molecule has 0 saturated carbocycles. The standard InChI is InChI=1S/C14H20N2O3/c1-14(16,9-15)6-5-10-7-11(17-2)13(19-4)12(8-10)18-3/h7-8H,5-6,16H2,1-4H3. The van der Waals surface area contributed by atoms with Crippen LogP contribution in [-0.4, -0.2) is 26.9 Å². The summed E-state index contributed by atoms with van der Waals surface area (Å²) < 4.78 is 15.8. The van der Waals surface area contributed by atoms with Gasteiger partial charge in [-0.2, -0.15) is 5.26 Å². The molecule has 1 aromatic rings. The highest BCUT2D eigenvalue weighted by Crippen LogP contribution is 2.38. The normalized spacial score (nSPS) is 13.3. The van der Waals surface area contributed by atoms with Gasteiger partial charge < -0.3 is 19.9 Å². The Kier molecular flexibility index (Phi) is 5.02. The molecule has 0 spiro atoms. The van der Waals surface area contributed by atoms with Crippen molar-refractivity contribution in [1.29, 1.82) is 5.26 Å². The number of benzene rings is 1. The number of nitrogens with zero attached hydrogens (tertiary/aromatic N) is 1. The number of ether oxygens (including phenoxy) is 3. The Morgan fingerprint density at radius 2 is 1.68 bits per heavy atom. The van der Waals surface area contributed by atoms with Gasteiger partial charge in [-0.15, -0.1) is 0 Å². The van der Waals surface area contributed by atoms with E-state index in [1.807, 2.05) is 12.1 Å². The molecule has 0 bridgehead atoms. The third-order valence-electron chi connectivity index (χ3n) is 2.91. The van der Waals surface area contributed by atoms with Crippen molar-refractivity contribution in [2.24, 2.45) is 5.73 Å². The van der Waals surface area contributed by atoms with Crippen molar-refractivity contribution in [1.82, 2.24) is 0 Å². The zero-order valence-electron chi connectivity index (χ0n) is 11.8. The first-order chi connectivity index (χ1) is 8.97. The summed E-state index contributed by atoms with van der Waals surface area (Å²) in [7, 11) is 4.71. The number of methoxy groups -OCH3 is 3. The number of hydrogen-bond acceptors (Lipinski definition) is 5. The van der Waals surface area contributed by atoms with E-state index in [1.165, 1.54) is 0 Å². The molecule has 0 amide bonds. The first kappa shape index (κ1) is 15.1. The van der Waals surface area contributed by atoms with E-state index in [1.54, 1.807) is 28.3 Å². The third kappa shape index (κ3) is 3.76. The van der Waals surface area contributed by atoms with Crippen LogP contribution in [0.2, 0.25) is 0 Å². The van der Waals surface area contributed by atoms with Gasteiger partial charge in [0, 0.05) is 0 Å². The van der Waals surface area contributed by atoms with Crippen molar-refractivity contribution < 1.29 is 14.2 Å². The summed E-state index contributed by atoms with van der Waals surface area (Å²) in [5.74, 6) is 1.77. The molecule has 0 heterocycles. The summed E-state index contributed by atoms with van der Waals surface area (Å²) in [5.41, 5.74) is 5.97. The van der Waals surface area contributed by atoms with Crippen LogP contribution in [-0.2, 0) is 6.42 Å². The lowest BCUT2D eigenvalue weighted by atomic mass is 9.95. The maximum absolute atomic E-state index is 8.91. The van der Waals surface area contributed by atoms with Gasteiger partial charge in [-0.25, -0.2) is 0 Å². The number of nitriles is 1. The molecule has 5 heteroatoms. The van der Waals surface area contributed by atoms with Crippen molar-refractivity contribution in [3.63, 3.8) is 0 Å². The predicted octanol–water partition coefficient (Wildman–Crippen LogP) is 1.89. The molecule has 0 saturated heterocycles. The fourth-order valence-corrected chi connectivity index (χ4v) is 1.74. The minimum Gasteiger partial charge on any atom is -0.493 e. The third-order valence-corrected chi connectivity index (χ3v) is 2.91. The van der Waals surface area contributed by atoms with Crippen molar-refractivity contribution in [2.45, 2.75) is 25.3 Å². The minimum atomic E-state index is -0.833. The largest absolute Gasteiger partial charge is 0.493 e. The van der Waals surface area contributed by atoms with Gasteiger partial charge in [-0.1, -0.05) is 0 Å². The average Bonchev–Trinajstić information content (AvgIpc) is 2.43. The van der Waals surface area contributed by atoms with E-state index >= 15 is 0 Å². The summed E-state index contributed by atoms with van der Waals surface area (Å²) in [4.78, 5) is 0. The summed E-state index contributed by atoms with van der Waals surface area (Å²) >= 11 is 0. The van der Waals surface area contributed by atoms with Gasteiger partial charge in [0.15, 0.2) is 11.5 Å². The lowest BCUT2D eigenvalue weighted by molar-refractivity contribution is 0.323. The van der Waals surface area contributed by atoms with Crippen LogP contribution in [0.5, 0.6) is 17.2 Å². The molecule has 0 radical (unpaired) electrons. The number of rotatable bonds is 6. The molecule has 1 rings (SSSR count). The SMILES string of the molecule is COc1cc(CCC(C)(N)C#N)cc(OC)c1OC. The van der Waals surface area contributed by atoms with Gasteiger partial charge in [-0.3, -0.25) is 0 Å². The van der Waals surface area contributed by atoms with Crippen molar-refractivity contribution >= 4 is 0 Å². The minimum absolute atomic E-state index is 0.558. The Labute approximate surface area is 113 Å². The molecule has 5 nitrogen and oxygen atoms in total. The van der Waals surface area contributed by atoms with Crippen LogP contribution in [0.25, 0.3) is 0 Å². The fraction of sp³-hybridized carbons (Fsp3) is 0.500. The topological polar surface area (TPSA) is 77.5 Å². The maximum atomic E-state index is 8.91. The molecule has 1 aromatic carbocycles. The highest BCUT2D eigenvalue weighted by atomic mass is 16.5. The van der Waals surface area contributed by atoms with Gasteiger partial charge >= 0.3 is 0 Å². The van der Waals surface area contributed by atoms with Crippen molar-refractivity contribution in [2.75, 3.05) is 21.3 Å². The smallest absolute Gasteiger partial charge is 0.203 e. The second-order valence-electron chi connectivity index (χ2n) is 4.56. The van der Waals surface area contributed by atoms with E-state index in [0.717, 1.165) is 5.56 Å². The Morgan fingerprint density at radius 1 is 1.16 bits per heavy atom. The quantitative estimate of drug-likeness (QED) is 0.849. The van der Waals surface area contributed by atoms with Gasteiger partial charge in [0.25, 0.3) is 0 Å². The molecule has 2 N–H and O–H groups in total. The molecular formula is C14H20N2O3. The Morgan fingerprint density at radius 3 is 2.05 bits per heavy atom. The fourth-order valence-electron chi connectivity index (χ4n) is 1.74. The molecule has 0 fully saturated rings. The zero-order chi connectivity index (χ0) is 14.5. The van der Waals surface area contributed by atoms with Crippen LogP contribution in [0, 0.1) is 11.3 Å². The van der Waals surface area contributed by atoms with Crippen LogP contribution in [0.1, 0.15) is 18.9 Å². The van der Waals surface area contributed by atoms with E-state index < -0.39 is 5.54 Å². The Bertz CT molecular complexity index is 453. The first-order valence-corrected chi connectivity index (χ1v) is 5.96. The molecule has 104 valence electrons. The number of aryl methyl sites for hydroxylation is 1. The van der Waals surface area contributed by atoms with Crippen LogP contribution in [0.4, 0.5) is 0 Å². The van der Waals surface area contributed by atoms with E-state index in [2.05, 4.69) is 6.07 Å². The van der Waals surface area contributed by atoms with Crippen molar-refractivity contribution in [3.05, 3.63) is 17.7 Å². The second-order valence-corrected chi connectivity index (χ2v) is 4.56. The summed E-state index contributed by atoms with van der Waals surface area (Å²) in [6.45, 7) is 1.71. The maximum Gasteiger partial charge on any atom is 0.203 e. The molecule has 0 aliphatic heterocycles. The summed E-state index contributed by atoms with van der Waals surface area (Å²) in [6.07, 6.45) is 1.22. The average molecular weight is 264 g/mol. The van der Waals surface area contributed by atoms with E-state index in [-0.39, 0.29) is 0 Å². The molecule has 19 heavy (non-hydrogen) atoms. The molecule has 1 atom stereocenters. The van der Waals surface area contributed by atoms with E-state index in [4.69, 9.17) is 25.2 Å². The molecular weight excluding hydrogens is 244 g/mol. The first-order valence-electron chi connectivity index (χ1n) is 5.96. The van der Waals surface area contributed by atoms with E-state index in [9.17, 15) is 0 Å². The van der Waals surface area contributed by atoms with Gasteiger partial charge in [0.1, 0.15) is 5.54 Å². The Balaban J connectivity index is 3.01. The zero-order valence-corrected chi connectivity index (χ0v) is 11.8. The van der Waals surface area contributed by atoms with Crippen LogP contribution in [0.3, 0.4) is 0 Å². The van der Waals surface area contributed by atoms with E-state index in [0.29, 0.717) is 30.1 Å². The number of hydrogen-bond donors (Lipinski definition) is 1. The highest BCUT2D eigenvalue weighted by Gasteiger charge is 2.19. The van der Waals surface area contributed by atoms with Crippen molar-refractivity contribution in [3.8, 4) is 23.3 Å². The van der Waals surface area contributed by atoms with Crippen LogP contribution < -0.4 is 19.9 Å². The molecule has 0 aromatic heterocycles. The molecule has 0 aliphatic carbocycles. The Hall–Kier alpha value is -1.93. The molecule has 1 unspecified atom stereocenters. The number of nitrogens with two attached hydrogens (primary N) is 1. The lowest BCUT2D eigenvalue weighted by Crippen LogP contribution is -2.34. The van der Waals surface area contributed by atoms with Gasteiger partial charge in [-0.05, 0) is 37.5 Å². The summed E-state index contributed by atoms with van der Waals surface area (Å²) in [5, 5.41) is 8.91. The molecule has 0 aliphatic rings. The van der Waals surface area contributed by atoms with Crippen LogP contribution in [0.15, 0.2) is 12.1 Å². The monoisotopic (exact) mass is 264 g/mol. The second kappa shape index (κ2) is 6.30. The predicted molar refractivity (Wildman–Crippen MR) is 72.6 cm³/mol. The lowest BCUT2D eigenvalue weighted by Gasteiger charge is -2.17. The summed E-state index contributed by atoms with van der Waals surface area (Å²) in [6, 6.07) is 5.82. The van der Waals surface area contributed by atoms with Crippen LogP contribution >= 0.6 is 0 Å². The highest BCUT2D eigenvalue weighted by molar-refractivity contribution is 5.53. The van der Waals surface area contributed by atoms with Gasteiger partial charge in [0.2, 0.25) is 5.75 Å². The van der Waals surface area contributed by atoms with Gasteiger partial charge in [0.05, 0.1) is 27.4 Å².